The predicted octanol–water partition coefficient (Wildman–Crippen LogP) is 4.48. The van der Waals surface area contributed by atoms with Crippen LogP contribution in [0.1, 0.15) is 12.5 Å². The van der Waals surface area contributed by atoms with Crippen molar-refractivity contribution in [2.45, 2.75) is 20.4 Å². The Morgan fingerprint density at radius 2 is 1.97 bits per heavy atom. The minimum atomic E-state index is -0.338. The number of hydrogen-bond donors (Lipinski definition) is 1. The highest BCUT2D eigenvalue weighted by Crippen LogP contribution is 2.31. The van der Waals surface area contributed by atoms with Crippen molar-refractivity contribution in [2.75, 3.05) is 19.0 Å². The summed E-state index contributed by atoms with van der Waals surface area (Å²) in [6.45, 7) is 4.29. The molecule has 0 saturated carbocycles. The number of carbonyl (C=O) groups excluding carboxylic acids is 1. The lowest BCUT2D eigenvalue weighted by Crippen LogP contribution is -2.28. The Balaban J connectivity index is 1.62. The van der Waals surface area contributed by atoms with E-state index < -0.39 is 0 Å². The molecule has 1 amide bonds. The molecule has 0 bridgehead atoms. The van der Waals surface area contributed by atoms with Crippen LogP contribution < -0.4 is 20.3 Å². The van der Waals surface area contributed by atoms with Crippen molar-refractivity contribution in [2.24, 2.45) is 0 Å². The Bertz CT molecular complexity index is 1330. The number of benzene rings is 2. The number of aryl methyl sites for hydroxylation is 1. The molecule has 7 nitrogen and oxygen atoms in total. The molecule has 0 aliphatic heterocycles. The minimum Gasteiger partial charge on any atom is -0.495 e. The summed E-state index contributed by atoms with van der Waals surface area (Å²) < 4.78 is 12.1. The van der Waals surface area contributed by atoms with Crippen LogP contribution in [0.5, 0.6) is 11.5 Å². The summed E-state index contributed by atoms with van der Waals surface area (Å²) in [6, 6.07) is 13.1. The van der Waals surface area contributed by atoms with Gasteiger partial charge in [0.1, 0.15) is 22.9 Å². The van der Waals surface area contributed by atoms with Gasteiger partial charge in [0.05, 0.1) is 31.1 Å². The van der Waals surface area contributed by atoms with Gasteiger partial charge in [0, 0.05) is 10.9 Å². The first kappa shape index (κ1) is 21.6. The highest BCUT2D eigenvalue weighted by molar-refractivity contribution is 7.17. The molecule has 2 heterocycles. The fourth-order valence-corrected chi connectivity index (χ4v) is 4.36. The molecule has 0 saturated heterocycles. The Morgan fingerprint density at radius 3 is 2.69 bits per heavy atom. The highest BCUT2D eigenvalue weighted by Gasteiger charge is 2.16. The summed E-state index contributed by atoms with van der Waals surface area (Å²) >= 11 is 1.40. The average Bonchev–Trinajstić information content (AvgIpc) is 3.21. The molecule has 0 fully saturated rings. The number of nitrogens with zero attached hydrogens (tertiary/aromatic N) is 2. The molecule has 2 aromatic heterocycles. The first-order valence-corrected chi connectivity index (χ1v) is 11.0. The monoisotopic (exact) mass is 449 g/mol. The summed E-state index contributed by atoms with van der Waals surface area (Å²) in [7, 11) is 1.54. The van der Waals surface area contributed by atoms with E-state index in [1.54, 1.807) is 13.2 Å². The third-order valence-corrected chi connectivity index (χ3v) is 5.87. The number of aromatic nitrogens is 2. The summed E-state index contributed by atoms with van der Waals surface area (Å²) in [4.78, 5) is 30.9. The third kappa shape index (κ3) is 4.36. The Hall–Kier alpha value is -3.65. The quantitative estimate of drug-likeness (QED) is 0.450. The number of rotatable bonds is 7. The van der Waals surface area contributed by atoms with Crippen molar-refractivity contribution in [3.63, 3.8) is 0 Å². The van der Waals surface area contributed by atoms with E-state index >= 15 is 0 Å². The van der Waals surface area contributed by atoms with E-state index in [1.165, 1.54) is 22.2 Å². The lowest BCUT2D eigenvalue weighted by atomic mass is 10.1. The van der Waals surface area contributed by atoms with Crippen LogP contribution in [0, 0.1) is 6.92 Å². The second-order valence-corrected chi connectivity index (χ2v) is 8.07. The first-order chi connectivity index (χ1) is 15.5. The van der Waals surface area contributed by atoms with Crippen LogP contribution in [0.25, 0.3) is 21.3 Å². The van der Waals surface area contributed by atoms with Gasteiger partial charge >= 0.3 is 0 Å². The standard InChI is InChI=1S/C24H23N3O4S/c1-4-31-17-8-6-16(7-9-17)18-13-32-23-22(18)24(29)27(14-25-23)12-21(28)26-19-11-15(2)5-10-20(19)30-3/h5-11,13-14H,4,12H2,1-3H3,(H,26,28). The maximum absolute atomic E-state index is 13.2. The van der Waals surface area contributed by atoms with Gasteiger partial charge in [0.25, 0.3) is 5.56 Å². The van der Waals surface area contributed by atoms with E-state index in [0.29, 0.717) is 28.3 Å². The van der Waals surface area contributed by atoms with Crippen molar-refractivity contribution in [3.05, 3.63) is 70.1 Å². The van der Waals surface area contributed by atoms with E-state index in [0.717, 1.165) is 22.4 Å². The molecule has 0 aliphatic rings. The van der Waals surface area contributed by atoms with Crippen molar-refractivity contribution in [3.8, 4) is 22.6 Å². The van der Waals surface area contributed by atoms with Gasteiger partial charge in [-0.1, -0.05) is 18.2 Å². The molecule has 0 spiro atoms. The van der Waals surface area contributed by atoms with Crippen molar-refractivity contribution in [1.82, 2.24) is 9.55 Å². The van der Waals surface area contributed by atoms with Crippen LogP contribution in [0.3, 0.4) is 0 Å². The minimum absolute atomic E-state index is 0.155. The Labute approximate surface area is 189 Å². The largest absolute Gasteiger partial charge is 0.495 e. The fraction of sp³-hybridized carbons (Fsp3) is 0.208. The number of hydrogen-bond acceptors (Lipinski definition) is 6. The smallest absolute Gasteiger partial charge is 0.263 e. The third-order valence-electron chi connectivity index (χ3n) is 4.98. The van der Waals surface area contributed by atoms with Crippen molar-refractivity contribution < 1.29 is 14.3 Å². The van der Waals surface area contributed by atoms with E-state index in [9.17, 15) is 9.59 Å². The van der Waals surface area contributed by atoms with Gasteiger partial charge in [-0.25, -0.2) is 4.98 Å². The van der Waals surface area contributed by atoms with Crippen LogP contribution in [0.2, 0.25) is 0 Å². The van der Waals surface area contributed by atoms with Crippen LogP contribution in [0.4, 0.5) is 5.69 Å². The molecule has 4 aromatic rings. The molecule has 1 N–H and O–H groups in total. The zero-order valence-electron chi connectivity index (χ0n) is 18.0. The van der Waals surface area contributed by atoms with Crippen LogP contribution in [-0.4, -0.2) is 29.2 Å². The molecule has 0 aliphatic carbocycles. The number of methoxy groups -OCH3 is 1. The number of carbonyl (C=O) groups is 1. The van der Waals surface area contributed by atoms with Gasteiger partial charge < -0.3 is 14.8 Å². The molecule has 0 radical (unpaired) electrons. The normalized spacial score (nSPS) is 10.8. The second kappa shape index (κ2) is 9.23. The zero-order chi connectivity index (χ0) is 22.7. The van der Waals surface area contributed by atoms with Gasteiger partial charge in [-0.05, 0) is 49.2 Å². The molecule has 164 valence electrons. The Morgan fingerprint density at radius 1 is 1.19 bits per heavy atom. The number of fused-ring (bicyclic) bond motifs is 1. The van der Waals surface area contributed by atoms with Gasteiger partial charge in [-0.3, -0.25) is 14.2 Å². The molecular formula is C24H23N3O4S. The lowest BCUT2D eigenvalue weighted by Gasteiger charge is -2.12. The first-order valence-electron chi connectivity index (χ1n) is 10.1. The number of nitrogens with one attached hydrogen (secondary N) is 1. The number of ether oxygens (including phenoxy) is 2. The van der Waals surface area contributed by atoms with Crippen LogP contribution in [-0.2, 0) is 11.3 Å². The lowest BCUT2D eigenvalue weighted by molar-refractivity contribution is -0.116. The van der Waals surface area contributed by atoms with Gasteiger partial charge in [0.15, 0.2) is 0 Å². The van der Waals surface area contributed by atoms with E-state index in [4.69, 9.17) is 9.47 Å². The SMILES string of the molecule is CCOc1ccc(-c2csc3ncn(CC(=O)Nc4cc(C)ccc4OC)c(=O)c23)cc1. The maximum Gasteiger partial charge on any atom is 0.263 e. The zero-order valence-corrected chi connectivity index (χ0v) is 18.9. The second-order valence-electron chi connectivity index (χ2n) is 7.22. The highest BCUT2D eigenvalue weighted by atomic mass is 32.1. The number of anilines is 1. The molecular weight excluding hydrogens is 426 g/mol. The summed E-state index contributed by atoms with van der Waals surface area (Å²) in [5.74, 6) is 0.991. The molecule has 2 aromatic carbocycles. The van der Waals surface area contributed by atoms with Crippen molar-refractivity contribution >= 4 is 33.1 Å². The maximum atomic E-state index is 13.2. The van der Waals surface area contributed by atoms with Gasteiger partial charge in [-0.2, -0.15) is 0 Å². The summed E-state index contributed by atoms with van der Waals surface area (Å²) in [5, 5.41) is 5.24. The van der Waals surface area contributed by atoms with Crippen LogP contribution >= 0.6 is 11.3 Å². The molecule has 0 atom stereocenters. The molecule has 8 heteroatoms. The number of amides is 1. The van der Waals surface area contributed by atoms with Gasteiger partial charge in [-0.15, -0.1) is 11.3 Å². The molecule has 32 heavy (non-hydrogen) atoms. The number of thiophene rings is 1. The molecule has 4 rings (SSSR count). The van der Waals surface area contributed by atoms with Crippen LogP contribution in [0.15, 0.2) is 59.0 Å². The molecule has 0 unspecified atom stereocenters. The summed E-state index contributed by atoms with van der Waals surface area (Å²) in [5.41, 5.74) is 2.97. The van der Waals surface area contributed by atoms with E-state index in [2.05, 4.69) is 10.3 Å². The van der Waals surface area contributed by atoms with Gasteiger partial charge in [0.2, 0.25) is 5.91 Å². The van der Waals surface area contributed by atoms with E-state index in [-0.39, 0.29) is 18.0 Å². The fourth-order valence-electron chi connectivity index (χ4n) is 3.45. The summed E-state index contributed by atoms with van der Waals surface area (Å²) in [6.07, 6.45) is 1.41. The Kier molecular flexibility index (Phi) is 6.23. The van der Waals surface area contributed by atoms with Crippen molar-refractivity contribution in [1.29, 1.82) is 0 Å². The van der Waals surface area contributed by atoms with E-state index in [1.807, 2.05) is 55.6 Å². The predicted molar refractivity (Wildman–Crippen MR) is 127 cm³/mol. The average molecular weight is 450 g/mol. The topological polar surface area (TPSA) is 82.5 Å².